The van der Waals surface area contributed by atoms with Crippen LogP contribution in [0, 0.1) is 5.92 Å². The monoisotopic (exact) mass is 288 g/mol. The summed E-state index contributed by atoms with van der Waals surface area (Å²) in [5.41, 5.74) is 1.30. The molecule has 0 heterocycles. The number of carbonyl (C=O) groups excluding carboxylic acids is 1. The third-order valence-corrected chi connectivity index (χ3v) is 4.47. The van der Waals surface area contributed by atoms with Crippen LogP contribution in [0.1, 0.15) is 45.2 Å². The summed E-state index contributed by atoms with van der Waals surface area (Å²) in [6.07, 6.45) is 2.63. The predicted molar refractivity (Wildman–Crippen MR) is 87.1 cm³/mol. The van der Waals surface area contributed by atoms with Gasteiger partial charge in [0, 0.05) is 25.7 Å². The molecular formula is C18H28N2O. The molecule has 3 heteroatoms. The van der Waals surface area contributed by atoms with Crippen LogP contribution in [0.15, 0.2) is 30.3 Å². The number of carbonyl (C=O) groups is 1. The Morgan fingerprint density at radius 2 is 1.81 bits per heavy atom. The van der Waals surface area contributed by atoms with Gasteiger partial charge in [-0.2, -0.15) is 0 Å². The molecule has 0 bridgehead atoms. The van der Waals surface area contributed by atoms with Crippen molar-refractivity contribution in [2.75, 3.05) is 26.2 Å². The van der Waals surface area contributed by atoms with Gasteiger partial charge in [-0.05, 0) is 45.1 Å². The van der Waals surface area contributed by atoms with Crippen molar-refractivity contribution >= 4 is 5.91 Å². The van der Waals surface area contributed by atoms with Gasteiger partial charge in [-0.3, -0.25) is 9.69 Å². The van der Waals surface area contributed by atoms with Gasteiger partial charge in [-0.15, -0.1) is 0 Å². The molecule has 1 fully saturated rings. The largest absolute Gasteiger partial charge is 0.342 e. The first-order valence-corrected chi connectivity index (χ1v) is 8.22. The fourth-order valence-corrected chi connectivity index (χ4v) is 2.78. The number of hydrogen-bond acceptors (Lipinski definition) is 2. The van der Waals surface area contributed by atoms with Crippen molar-refractivity contribution in [3.05, 3.63) is 35.9 Å². The smallest absolute Gasteiger partial charge is 0.236 e. The zero-order valence-corrected chi connectivity index (χ0v) is 13.6. The lowest BCUT2D eigenvalue weighted by Crippen LogP contribution is -2.42. The van der Waals surface area contributed by atoms with Gasteiger partial charge in [-0.25, -0.2) is 0 Å². The maximum Gasteiger partial charge on any atom is 0.236 e. The van der Waals surface area contributed by atoms with Crippen LogP contribution in [0.25, 0.3) is 0 Å². The fourth-order valence-electron chi connectivity index (χ4n) is 2.78. The molecule has 0 N–H and O–H groups in total. The SMILES string of the molecule is CCN(CC)C(=O)CN(CC1CC1)C(C)c1ccccc1. The molecule has 1 aliphatic rings. The number of benzene rings is 1. The van der Waals surface area contributed by atoms with Crippen molar-refractivity contribution in [3.63, 3.8) is 0 Å². The van der Waals surface area contributed by atoms with Crippen LogP contribution in [-0.2, 0) is 4.79 Å². The molecule has 0 aliphatic heterocycles. The highest BCUT2D eigenvalue weighted by molar-refractivity contribution is 5.78. The van der Waals surface area contributed by atoms with E-state index in [9.17, 15) is 4.79 Å². The van der Waals surface area contributed by atoms with Crippen molar-refractivity contribution in [2.45, 2.75) is 39.7 Å². The highest BCUT2D eigenvalue weighted by Crippen LogP contribution is 2.32. The summed E-state index contributed by atoms with van der Waals surface area (Å²) in [6, 6.07) is 10.8. The molecule has 1 saturated carbocycles. The van der Waals surface area contributed by atoms with Gasteiger partial charge >= 0.3 is 0 Å². The highest BCUT2D eigenvalue weighted by atomic mass is 16.2. The zero-order chi connectivity index (χ0) is 15.2. The molecule has 0 spiro atoms. The Morgan fingerprint density at radius 1 is 1.19 bits per heavy atom. The van der Waals surface area contributed by atoms with Crippen LogP contribution >= 0.6 is 0 Å². The van der Waals surface area contributed by atoms with Crippen LogP contribution in [-0.4, -0.2) is 41.9 Å². The molecule has 1 aliphatic carbocycles. The van der Waals surface area contributed by atoms with Gasteiger partial charge in [0.05, 0.1) is 6.54 Å². The fraction of sp³-hybridized carbons (Fsp3) is 0.611. The summed E-state index contributed by atoms with van der Waals surface area (Å²) in [5, 5.41) is 0. The summed E-state index contributed by atoms with van der Waals surface area (Å²) >= 11 is 0. The van der Waals surface area contributed by atoms with Gasteiger partial charge < -0.3 is 4.90 Å². The van der Waals surface area contributed by atoms with Crippen molar-refractivity contribution in [2.24, 2.45) is 5.92 Å². The topological polar surface area (TPSA) is 23.6 Å². The maximum atomic E-state index is 12.4. The molecule has 1 aromatic rings. The first-order chi connectivity index (χ1) is 10.2. The molecule has 1 atom stereocenters. The van der Waals surface area contributed by atoms with Gasteiger partial charge in [0.15, 0.2) is 0 Å². The second kappa shape index (κ2) is 7.60. The second-order valence-corrected chi connectivity index (χ2v) is 6.03. The Balaban J connectivity index is 2.05. The summed E-state index contributed by atoms with van der Waals surface area (Å²) in [7, 11) is 0. The number of rotatable bonds is 8. The molecule has 2 rings (SSSR count). The van der Waals surface area contributed by atoms with E-state index in [4.69, 9.17) is 0 Å². The van der Waals surface area contributed by atoms with E-state index in [1.165, 1.54) is 18.4 Å². The standard InChI is InChI=1S/C18H28N2O/c1-4-19(5-2)18(21)14-20(13-16-11-12-16)15(3)17-9-7-6-8-10-17/h6-10,15-16H,4-5,11-14H2,1-3H3. The van der Waals surface area contributed by atoms with E-state index in [2.05, 4.69) is 36.1 Å². The first-order valence-electron chi connectivity index (χ1n) is 8.22. The summed E-state index contributed by atoms with van der Waals surface area (Å²) < 4.78 is 0. The number of amides is 1. The van der Waals surface area contributed by atoms with E-state index < -0.39 is 0 Å². The average Bonchev–Trinajstić information content (AvgIpc) is 3.32. The van der Waals surface area contributed by atoms with E-state index in [1.54, 1.807) is 0 Å². The number of nitrogens with zero attached hydrogens (tertiary/aromatic N) is 2. The second-order valence-electron chi connectivity index (χ2n) is 6.03. The molecule has 1 unspecified atom stereocenters. The van der Waals surface area contributed by atoms with E-state index in [-0.39, 0.29) is 5.91 Å². The molecule has 21 heavy (non-hydrogen) atoms. The van der Waals surface area contributed by atoms with Crippen molar-refractivity contribution in [1.82, 2.24) is 9.80 Å². The lowest BCUT2D eigenvalue weighted by molar-refractivity contribution is -0.132. The normalized spacial score (nSPS) is 16.0. The van der Waals surface area contributed by atoms with Gasteiger partial charge in [0.2, 0.25) is 5.91 Å². The van der Waals surface area contributed by atoms with E-state index in [0.29, 0.717) is 12.6 Å². The minimum Gasteiger partial charge on any atom is -0.342 e. The van der Waals surface area contributed by atoms with Crippen LogP contribution in [0.5, 0.6) is 0 Å². The Hall–Kier alpha value is -1.35. The summed E-state index contributed by atoms with van der Waals surface area (Å²) in [5.74, 6) is 1.05. The van der Waals surface area contributed by atoms with Crippen LogP contribution < -0.4 is 0 Å². The van der Waals surface area contributed by atoms with Gasteiger partial charge in [0.1, 0.15) is 0 Å². The number of likely N-dealkylation sites (N-methyl/N-ethyl adjacent to an activating group) is 1. The summed E-state index contributed by atoms with van der Waals surface area (Å²) in [6.45, 7) is 9.49. The molecule has 3 nitrogen and oxygen atoms in total. The Labute approximate surface area is 128 Å². The maximum absolute atomic E-state index is 12.4. The zero-order valence-electron chi connectivity index (χ0n) is 13.6. The minimum atomic E-state index is 0.253. The van der Waals surface area contributed by atoms with Gasteiger partial charge in [0.25, 0.3) is 0 Å². The van der Waals surface area contributed by atoms with Gasteiger partial charge in [-0.1, -0.05) is 30.3 Å². The summed E-state index contributed by atoms with van der Waals surface area (Å²) in [4.78, 5) is 16.7. The molecule has 0 aromatic heterocycles. The van der Waals surface area contributed by atoms with Crippen LogP contribution in [0.4, 0.5) is 0 Å². The van der Waals surface area contributed by atoms with E-state index in [1.807, 2.05) is 24.8 Å². The quantitative estimate of drug-likeness (QED) is 0.732. The molecule has 116 valence electrons. The Bertz CT molecular complexity index is 438. The molecule has 0 radical (unpaired) electrons. The predicted octanol–water partition coefficient (Wildman–Crippen LogP) is 3.33. The average molecular weight is 288 g/mol. The molecule has 0 saturated heterocycles. The molecule has 1 aromatic carbocycles. The van der Waals surface area contributed by atoms with E-state index in [0.717, 1.165) is 25.6 Å². The first kappa shape index (κ1) is 16.0. The third-order valence-electron chi connectivity index (χ3n) is 4.47. The molecule has 1 amide bonds. The Morgan fingerprint density at radius 3 is 2.33 bits per heavy atom. The van der Waals surface area contributed by atoms with Crippen molar-refractivity contribution in [3.8, 4) is 0 Å². The highest BCUT2D eigenvalue weighted by Gasteiger charge is 2.29. The molecular weight excluding hydrogens is 260 g/mol. The lowest BCUT2D eigenvalue weighted by Gasteiger charge is -2.31. The Kier molecular flexibility index (Phi) is 5.80. The minimum absolute atomic E-state index is 0.253. The third kappa shape index (κ3) is 4.57. The van der Waals surface area contributed by atoms with E-state index >= 15 is 0 Å². The lowest BCUT2D eigenvalue weighted by atomic mass is 10.1. The van der Waals surface area contributed by atoms with Crippen molar-refractivity contribution in [1.29, 1.82) is 0 Å². The number of hydrogen-bond donors (Lipinski definition) is 0. The van der Waals surface area contributed by atoms with Crippen LogP contribution in [0.3, 0.4) is 0 Å². The van der Waals surface area contributed by atoms with Crippen molar-refractivity contribution < 1.29 is 4.79 Å². The van der Waals surface area contributed by atoms with Crippen LogP contribution in [0.2, 0.25) is 0 Å².